The largest absolute Gasteiger partial charge is 0.376 e. The van der Waals surface area contributed by atoms with Crippen LogP contribution >= 0.6 is 0 Å². The van der Waals surface area contributed by atoms with Crippen LogP contribution in [0.2, 0.25) is 0 Å². The van der Waals surface area contributed by atoms with Crippen molar-refractivity contribution in [3.63, 3.8) is 0 Å². The summed E-state index contributed by atoms with van der Waals surface area (Å²) in [6, 6.07) is 2.03. The molecular weight excluding hydrogens is 330 g/mol. The molecule has 1 atom stereocenters. The number of nitrogens with zero attached hydrogens (tertiary/aromatic N) is 6. The summed E-state index contributed by atoms with van der Waals surface area (Å²) in [5.74, 6) is 1.31. The third-order valence-corrected chi connectivity index (χ3v) is 4.79. The van der Waals surface area contributed by atoms with Crippen LogP contribution in [0.25, 0.3) is 22.4 Å². The van der Waals surface area contributed by atoms with Gasteiger partial charge in [-0.3, -0.25) is 4.40 Å². The standard InChI is InChI=1S/C18H19N7O/c1-12-7-21-18-22-8-13(11-24(12)18)15-4-5-25-16(15)10-20-17(23-25)19-9-14-3-2-6-26-14/h4-5,7-8,10-11,14H,2-3,6,9H2,1H3,(H,19,23). The Balaban J connectivity index is 1.45. The van der Waals surface area contributed by atoms with E-state index in [4.69, 9.17) is 4.74 Å². The lowest BCUT2D eigenvalue weighted by atomic mass is 10.1. The van der Waals surface area contributed by atoms with E-state index in [9.17, 15) is 0 Å². The molecule has 1 aliphatic heterocycles. The van der Waals surface area contributed by atoms with E-state index in [-0.39, 0.29) is 6.10 Å². The second-order valence-corrected chi connectivity index (χ2v) is 6.57. The van der Waals surface area contributed by atoms with E-state index in [1.165, 1.54) is 0 Å². The summed E-state index contributed by atoms with van der Waals surface area (Å²) in [5.41, 5.74) is 4.03. The van der Waals surface area contributed by atoms with Gasteiger partial charge in [0.15, 0.2) is 0 Å². The molecule has 1 N–H and O–H groups in total. The molecule has 8 heteroatoms. The number of rotatable bonds is 4. The SMILES string of the molecule is Cc1cnc2ncc(-c3ccn4nc(NCC5CCCO5)ncc34)cn12. The number of nitrogens with one attached hydrogen (secondary N) is 1. The van der Waals surface area contributed by atoms with Crippen LogP contribution in [0.4, 0.5) is 5.95 Å². The maximum absolute atomic E-state index is 5.62. The molecule has 26 heavy (non-hydrogen) atoms. The second-order valence-electron chi connectivity index (χ2n) is 6.57. The molecule has 0 aliphatic carbocycles. The van der Waals surface area contributed by atoms with Gasteiger partial charge in [0.2, 0.25) is 11.7 Å². The van der Waals surface area contributed by atoms with Crippen molar-refractivity contribution in [2.75, 3.05) is 18.5 Å². The highest BCUT2D eigenvalue weighted by Gasteiger charge is 2.16. The van der Waals surface area contributed by atoms with Crippen LogP contribution in [0.5, 0.6) is 0 Å². The topological polar surface area (TPSA) is 81.6 Å². The van der Waals surface area contributed by atoms with Gasteiger partial charge in [-0.05, 0) is 25.8 Å². The zero-order valence-electron chi connectivity index (χ0n) is 14.5. The van der Waals surface area contributed by atoms with Crippen LogP contribution in [-0.4, -0.2) is 48.2 Å². The number of ether oxygens (including phenoxy) is 1. The van der Waals surface area contributed by atoms with E-state index < -0.39 is 0 Å². The smallest absolute Gasteiger partial charge is 0.241 e. The number of aromatic nitrogens is 6. The molecule has 8 nitrogen and oxygen atoms in total. The third-order valence-electron chi connectivity index (χ3n) is 4.79. The van der Waals surface area contributed by atoms with Gasteiger partial charge in [-0.1, -0.05) is 0 Å². The van der Waals surface area contributed by atoms with Gasteiger partial charge in [-0.2, -0.15) is 0 Å². The van der Waals surface area contributed by atoms with Gasteiger partial charge in [0.25, 0.3) is 0 Å². The molecule has 0 radical (unpaired) electrons. The second kappa shape index (κ2) is 6.06. The van der Waals surface area contributed by atoms with Crippen molar-refractivity contribution in [2.45, 2.75) is 25.9 Å². The minimum Gasteiger partial charge on any atom is -0.376 e. The van der Waals surface area contributed by atoms with Gasteiger partial charge in [0.1, 0.15) is 0 Å². The van der Waals surface area contributed by atoms with Gasteiger partial charge in [-0.15, -0.1) is 5.10 Å². The highest BCUT2D eigenvalue weighted by Crippen LogP contribution is 2.25. The maximum Gasteiger partial charge on any atom is 0.241 e. The summed E-state index contributed by atoms with van der Waals surface area (Å²) in [4.78, 5) is 13.2. The van der Waals surface area contributed by atoms with E-state index >= 15 is 0 Å². The van der Waals surface area contributed by atoms with Crippen LogP contribution < -0.4 is 5.32 Å². The summed E-state index contributed by atoms with van der Waals surface area (Å²) in [6.45, 7) is 3.60. The molecule has 5 rings (SSSR count). The quantitative estimate of drug-likeness (QED) is 0.609. The summed E-state index contributed by atoms with van der Waals surface area (Å²) in [5, 5.41) is 7.81. The molecule has 5 heterocycles. The van der Waals surface area contributed by atoms with E-state index in [0.29, 0.717) is 11.7 Å². The minimum atomic E-state index is 0.255. The monoisotopic (exact) mass is 349 g/mol. The minimum absolute atomic E-state index is 0.255. The molecule has 0 amide bonds. The van der Waals surface area contributed by atoms with Crippen molar-refractivity contribution in [3.8, 4) is 11.1 Å². The lowest BCUT2D eigenvalue weighted by molar-refractivity contribution is 0.120. The third kappa shape index (κ3) is 2.59. The first-order valence-electron chi connectivity index (χ1n) is 8.78. The van der Waals surface area contributed by atoms with Crippen molar-refractivity contribution in [1.82, 2.24) is 29.0 Å². The van der Waals surface area contributed by atoms with Gasteiger partial charge in [0.05, 0.1) is 24.0 Å². The normalized spacial score (nSPS) is 17.3. The molecule has 132 valence electrons. The lowest BCUT2D eigenvalue weighted by Crippen LogP contribution is -2.20. The molecule has 1 saturated heterocycles. The molecule has 1 fully saturated rings. The van der Waals surface area contributed by atoms with Gasteiger partial charge >= 0.3 is 0 Å². The Morgan fingerprint density at radius 3 is 3.04 bits per heavy atom. The number of imidazole rings is 1. The van der Waals surface area contributed by atoms with E-state index in [2.05, 4.69) is 25.4 Å². The van der Waals surface area contributed by atoms with Crippen molar-refractivity contribution in [3.05, 3.63) is 42.7 Å². The van der Waals surface area contributed by atoms with Crippen molar-refractivity contribution in [2.24, 2.45) is 0 Å². The first-order chi connectivity index (χ1) is 12.8. The predicted octanol–water partition coefficient (Wildman–Crippen LogP) is 2.34. The number of hydrogen-bond donors (Lipinski definition) is 1. The molecule has 0 bridgehead atoms. The van der Waals surface area contributed by atoms with Crippen LogP contribution in [0.15, 0.2) is 37.1 Å². The first kappa shape index (κ1) is 15.3. The van der Waals surface area contributed by atoms with E-state index in [1.807, 2.05) is 52.9 Å². The van der Waals surface area contributed by atoms with Crippen LogP contribution in [0, 0.1) is 6.92 Å². The summed E-state index contributed by atoms with van der Waals surface area (Å²) in [7, 11) is 0. The van der Waals surface area contributed by atoms with Gasteiger partial charge in [0, 0.05) is 48.6 Å². The molecule has 4 aromatic rings. The Bertz CT molecular complexity index is 1080. The molecule has 0 aromatic carbocycles. The molecule has 4 aromatic heterocycles. The summed E-state index contributed by atoms with van der Waals surface area (Å²) in [6.07, 6.45) is 11.9. The fraction of sp³-hybridized carbons (Fsp3) is 0.333. The Labute approximate surface area is 149 Å². The predicted molar refractivity (Wildman–Crippen MR) is 97.2 cm³/mol. The number of fused-ring (bicyclic) bond motifs is 2. The van der Waals surface area contributed by atoms with Crippen molar-refractivity contribution < 1.29 is 4.74 Å². The van der Waals surface area contributed by atoms with Crippen molar-refractivity contribution in [1.29, 1.82) is 0 Å². The number of hydrogen-bond acceptors (Lipinski definition) is 6. The summed E-state index contributed by atoms with van der Waals surface area (Å²) >= 11 is 0. The maximum atomic E-state index is 5.62. The fourth-order valence-electron chi connectivity index (χ4n) is 3.36. The molecule has 0 saturated carbocycles. The fourth-order valence-corrected chi connectivity index (χ4v) is 3.36. The van der Waals surface area contributed by atoms with Gasteiger partial charge in [-0.25, -0.2) is 19.5 Å². The van der Waals surface area contributed by atoms with E-state index in [1.54, 1.807) is 0 Å². The molecule has 1 aliphatic rings. The highest BCUT2D eigenvalue weighted by atomic mass is 16.5. The lowest BCUT2D eigenvalue weighted by Gasteiger charge is -2.10. The van der Waals surface area contributed by atoms with Crippen molar-refractivity contribution >= 4 is 17.2 Å². The van der Waals surface area contributed by atoms with Crippen LogP contribution in [0.3, 0.4) is 0 Å². The Morgan fingerprint density at radius 2 is 2.15 bits per heavy atom. The first-order valence-corrected chi connectivity index (χ1v) is 8.78. The zero-order valence-corrected chi connectivity index (χ0v) is 14.5. The van der Waals surface area contributed by atoms with Crippen LogP contribution in [0.1, 0.15) is 18.5 Å². The number of anilines is 1. The average Bonchev–Trinajstić information content (AvgIpc) is 3.40. The Morgan fingerprint density at radius 1 is 1.23 bits per heavy atom. The molecular formula is C18H19N7O. The Kier molecular flexibility index (Phi) is 3.56. The van der Waals surface area contributed by atoms with E-state index in [0.717, 1.165) is 48.3 Å². The average molecular weight is 349 g/mol. The highest BCUT2D eigenvalue weighted by molar-refractivity contribution is 5.79. The molecule has 0 spiro atoms. The van der Waals surface area contributed by atoms with Crippen LogP contribution in [-0.2, 0) is 4.74 Å². The Hall–Kier alpha value is -3.00. The number of aryl methyl sites for hydroxylation is 1. The zero-order chi connectivity index (χ0) is 17.5. The molecule has 1 unspecified atom stereocenters. The summed E-state index contributed by atoms with van der Waals surface area (Å²) < 4.78 is 9.44. The van der Waals surface area contributed by atoms with Gasteiger partial charge < -0.3 is 10.1 Å².